The Kier molecular flexibility index (Phi) is 5.41. The molecule has 3 rings (SSSR count). The summed E-state index contributed by atoms with van der Waals surface area (Å²) in [6.45, 7) is 0.424. The fourth-order valence-electron chi connectivity index (χ4n) is 2.63. The molecule has 24 heavy (non-hydrogen) atoms. The highest BCUT2D eigenvalue weighted by atomic mass is 16.6. The van der Waals surface area contributed by atoms with Crippen molar-refractivity contribution in [1.29, 1.82) is 0 Å². The lowest BCUT2D eigenvalue weighted by Crippen LogP contribution is -2.22. The molecule has 2 aromatic rings. The third-order valence-corrected chi connectivity index (χ3v) is 3.93. The summed E-state index contributed by atoms with van der Waals surface area (Å²) in [5, 5.41) is 10.2. The van der Waals surface area contributed by atoms with E-state index in [2.05, 4.69) is 0 Å². The molecule has 1 fully saturated rings. The second kappa shape index (κ2) is 7.90. The first kappa shape index (κ1) is 16.4. The van der Waals surface area contributed by atoms with Crippen LogP contribution in [0.5, 0.6) is 0 Å². The van der Waals surface area contributed by atoms with Crippen LogP contribution in [0, 0.1) is 0 Å². The maximum absolute atomic E-state index is 11.6. The Morgan fingerprint density at radius 3 is 2.50 bits per heavy atom. The molecular formula is C20H20O4. The van der Waals surface area contributed by atoms with E-state index >= 15 is 0 Å². The van der Waals surface area contributed by atoms with Gasteiger partial charge in [0.15, 0.2) is 0 Å². The van der Waals surface area contributed by atoms with Crippen LogP contribution in [-0.2, 0) is 20.9 Å². The SMILES string of the molecule is O=C1C[C@@H](OCc2ccccc2)[C@@H](/C=C/[C@H](O)c2ccccc2)O1. The minimum Gasteiger partial charge on any atom is -0.455 e. The number of carbonyl (C=O) groups is 1. The van der Waals surface area contributed by atoms with Crippen molar-refractivity contribution in [2.75, 3.05) is 0 Å². The lowest BCUT2D eigenvalue weighted by molar-refractivity contribution is -0.140. The van der Waals surface area contributed by atoms with Gasteiger partial charge in [-0.25, -0.2) is 0 Å². The largest absolute Gasteiger partial charge is 0.455 e. The number of cyclic esters (lactones) is 1. The first-order valence-corrected chi connectivity index (χ1v) is 7.99. The van der Waals surface area contributed by atoms with E-state index in [1.165, 1.54) is 0 Å². The standard InChI is InChI=1S/C20H20O4/c21-17(16-9-5-2-6-10-16)11-12-18-19(13-20(22)24-18)23-14-15-7-3-1-4-8-15/h1-12,17-19,21H,13-14H2/b12-11+/t17-,18+,19+/m0/s1. The Labute approximate surface area is 141 Å². The number of aliphatic hydroxyl groups excluding tert-OH is 1. The summed E-state index contributed by atoms with van der Waals surface area (Å²) >= 11 is 0. The van der Waals surface area contributed by atoms with Gasteiger partial charge in [-0.1, -0.05) is 66.7 Å². The maximum Gasteiger partial charge on any atom is 0.309 e. The van der Waals surface area contributed by atoms with Gasteiger partial charge in [-0.15, -0.1) is 0 Å². The van der Waals surface area contributed by atoms with Crippen molar-refractivity contribution in [3.05, 3.63) is 83.9 Å². The highest BCUT2D eigenvalue weighted by molar-refractivity contribution is 5.73. The zero-order valence-electron chi connectivity index (χ0n) is 13.2. The molecule has 1 saturated heterocycles. The van der Waals surface area contributed by atoms with Gasteiger partial charge in [-0.3, -0.25) is 4.79 Å². The van der Waals surface area contributed by atoms with Crippen LogP contribution in [0.4, 0.5) is 0 Å². The highest BCUT2D eigenvalue weighted by Gasteiger charge is 2.34. The van der Waals surface area contributed by atoms with E-state index in [1.54, 1.807) is 12.2 Å². The number of carbonyl (C=O) groups excluding carboxylic acids is 1. The van der Waals surface area contributed by atoms with Crippen LogP contribution in [0.2, 0.25) is 0 Å². The van der Waals surface area contributed by atoms with Crippen molar-refractivity contribution in [3.8, 4) is 0 Å². The molecule has 4 heteroatoms. The van der Waals surface area contributed by atoms with Crippen LogP contribution in [0.25, 0.3) is 0 Å². The molecule has 124 valence electrons. The molecule has 0 aliphatic carbocycles. The molecule has 0 radical (unpaired) electrons. The number of hydrogen-bond donors (Lipinski definition) is 1. The molecule has 0 spiro atoms. The molecule has 1 N–H and O–H groups in total. The molecule has 1 aliphatic rings. The van der Waals surface area contributed by atoms with Crippen LogP contribution in [0.3, 0.4) is 0 Å². The highest BCUT2D eigenvalue weighted by Crippen LogP contribution is 2.23. The molecular weight excluding hydrogens is 304 g/mol. The molecule has 0 aromatic heterocycles. The minimum atomic E-state index is -0.736. The van der Waals surface area contributed by atoms with Crippen molar-refractivity contribution >= 4 is 5.97 Å². The van der Waals surface area contributed by atoms with Crippen LogP contribution < -0.4 is 0 Å². The van der Waals surface area contributed by atoms with Gasteiger partial charge in [0, 0.05) is 0 Å². The molecule has 0 unspecified atom stereocenters. The molecule has 1 heterocycles. The molecule has 0 bridgehead atoms. The van der Waals surface area contributed by atoms with Gasteiger partial charge in [0.1, 0.15) is 12.2 Å². The number of ether oxygens (including phenoxy) is 2. The normalized spacial score (nSPS) is 21.8. The van der Waals surface area contributed by atoms with Gasteiger partial charge >= 0.3 is 5.97 Å². The van der Waals surface area contributed by atoms with Crippen LogP contribution >= 0.6 is 0 Å². The summed E-state index contributed by atoms with van der Waals surface area (Å²) in [5.74, 6) is -0.281. The van der Waals surface area contributed by atoms with E-state index < -0.39 is 12.2 Å². The van der Waals surface area contributed by atoms with Crippen LogP contribution in [0.1, 0.15) is 23.7 Å². The van der Waals surface area contributed by atoms with E-state index in [4.69, 9.17) is 9.47 Å². The number of benzene rings is 2. The van der Waals surface area contributed by atoms with E-state index in [-0.39, 0.29) is 18.5 Å². The van der Waals surface area contributed by atoms with E-state index in [0.717, 1.165) is 11.1 Å². The monoisotopic (exact) mass is 324 g/mol. The molecule has 2 aromatic carbocycles. The van der Waals surface area contributed by atoms with Gasteiger partial charge in [0.2, 0.25) is 0 Å². The van der Waals surface area contributed by atoms with Crippen LogP contribution in [0.15, 0.2) is 72.8 Å². The second-order valence-corrected chi connectivity index (χ2v) is 5.73. The lowest BCUT2D eigenvalue weighted by Gasteiger charge is -2.16. The third-order valence-electron chi connectivity index (χ3n) is 3.93. The molecule has 1 aliphatic heterocycles. The summed E-state index contributed by atoms with van der Waals surface area (Å²) in [5.41, 5.74) is 1.84. The number of rotatable bonds is 6. The first-order chi connectivity index (χ1) is 11.7. The van der Waals surface area contributed by atoms with Gasteiger partial charge in [0.05, 0.1) is 19.1 Å². The summed E-state index contributed by atoms with van der Waals surface area (Å²) in [4.78, 5) is 11.6. The average molecular weight is 324 g/mol. The lowest BCUT2D eigenvalue weighted by atomic mass is 10.1. The Morgan fingerprint density at radius 1 is 1.12 bits per heavy atom. The van der Waals surface area contributed by atoms with Gasteiger partial charge < -0.3 is 14.6 Å². The number of aliphatic hydroxyl groups is 1. The molecule has 0 amide bonds. The van der Waals surface area contributed by atoms with Crippen molar-refractivity contribution in [2.45, 2.75) is 31.3 Å². The fourth-order valence-corrected chi connectivity index (χ4v) is 2.63. The Balaban J connectivity index is 1.60. The quantitative estimate of drug-likeness (QED) is 0.655. The van der Waals surface area contributed by atoms with E-state index in [9.17, 15) is 9.90 Å². The fraction of sp³-hybridized carbons (Fsp3) is 0.250. The molecule has 4 nitrogen and oxygen atoms in total. The zero-order chi connectivity index (χ0) is 16.8. The van der Waals surface area contributed by atoms with E-state index in [0.29, 0.717) is 6.61 Å². The minimum absolute atomic E-state index is 0.225. The zero-order valence-corrected chi connectivity index (χ0v) is 13.2. The number of hydrogen-bond acceptors (Lipinski definition) is 4. The van der Waals surface area contributed by atoms with Crippen molar-refractivity contribution in [3.63, 3.8) is 0 Å². The Morgan fingerprint density at radius 2 is 1.79 bits per heavy atom. The number of esters is 1. The van der Waals surface area contributed by atoms with Crippen molar-refractivity contribution in [1.82, 2.24) is 0 Å². The molecule has 0 saturated carbocycles. The van der Waals surface area contributed by atoms with E-state index in [1.807, 2.05) is 60.7 Å². The Bertz CT molecular complexity index is 681. The summed E-state index contributed by atoms with van der Waals surface area (Å²) in [6.07, 6.45) is 2.02. The first-order valence-electron chi connectivity index (χ1n) is 7.99. The second-order valence-electron chi connectivity index (χ2n) is 5.73. The summed E-state index contributed by atoms with van der Waals surface area (Å²) < 4.78 is 11.1. The van der Waals surface area contributed by atoms with Crippen molar-refractivity contribution < 1.29 is 19.4 Å². The predicted octanol–water partition coefficient (Wildman–Crippen LogP) is 3.18. The predicted molar refractivity (Wildman–Crippen MR) is 90.1 cm³/mol. The van der Waals surface area contributed by atoms with Gasteiger partial charge in [-0.05, 0) is 17.2 Å². The van der Waals surface area contributed by atoms with Gasteiger partial charge in [-0.2, -0.15) is 0 Å². The molecule has 3 atom stereocenters. The third kappa shape index (κ3) is 4.31. The smallest absolute Gasteiger partial charge is 0.309 e. The topological polar surface area (TPSA) is 55.8 Å². The van der Waals surface area contributed by atoms with Crippen molar-refractivity contribution in [2.24, 2.45) is 0 Å². The Hall–Kier alpha value is -2.43. The summed E-state index contributed by atoms with van der Waals surface area (Å²) in [7, 11) is 0. The summed E-state index contributed by atoms with van der Waals surface area (Å²) in [6, 6.07) is 19.1. The van der Waals surface area contributed by atoms with Gasteiger partial charge in [0.25, 0.3) is 0 Å². The average Bonchev–Trinajstić information content (AvgIpc) is 2.99. The maximum atomic E-state index is 11.6. The van der Waals surface area contributed by atoms with Crippen LogP contribution in [-0.4, -0.2) is 23.3 Å².